The van der Waals surface area contributed by atoms with Crippen molar-refractivity contribution >= 4 is 23.0 Å². The molecule has 0 radical (unpaired) electrons. The molecule has 1 atom stereocenters. The maximum atomic E-state index is 13.3. The Bertz CT molecular complexity index is 695. The van der Waals surface area contributed by atoms with Crippen LogP contribution in [-0.4, -0.2) is 4.92 Å². The Labute approximate surface area is 124 Å². The first kappa shape index (κ1) is 15.2. The molecule has 0 amide bonds. The van der Waals surface area contributed by atoms with E-state index in [1.54, 1.807) is 6.92 Å². The first-order valence-corrected chi connectivity index (χ1v) is 6.41. The van der Waals surface area contributed by atoms with Crippen molar-refractivity contribution in [2.24, 2.45) is 0 Å². The van der Waals surface area contributed by atoms with Crippen LogP contribution in [-0.2, 0) is 0 Å². The van der Waals surface area contributed by atoms with Crippen LogP contribution in [0.25, 0.3) is 0 Å². The second-order valence-electron chi connectivity index (χ2n) is 4.46. The van der Waals surface area contributed by atoms with Gasteiger partial charge in [-0.25, -0.2) is 4.39 Å². The number of nitro benzene ring substituents is 1. The Morgan fingerprint density at radius 1 is 1.24 bits per heavy atom. The molecule has 1 unspecified atom stereocenters. The highest BCUT2D eigenvalue weighted by Crippen LogP contribution is 2.28. The summed E-state index contributed by atoms with van der Waals surface area (Å²) in [6.07, 6.45) is 0. The Balaban J connectivity index is 2.25. The van der Waals surface area contributed by atoms with Gasteiger partial charge in [-0.3, -0.25) is 10.1 Å². The Morgan fingerprint density at radius 3 is 2.57 bits per heavy atom. The summed E-state index contributed by atoms with van der Waals surface area (Å²) in [4.78, 5) is 9.90. The number of nitrogens with one attached hydrogen (secondary N) is 1. The highest BCUT2D eigenvalue weighted by Gasteiger charge is 2.16. The number of nitro groups is 1. The summed E-state index contributed by atoms with van der Waals surface area (Å²) in [7, 11) is 0. The number of hydrogen-bond acceptors (Lipinski definition) is 3. The SMILES string of the molecule is CC(Nc1ccc(F)c([N+](=O)[O-])c1)c1ccc(F)cc1Cl. The summed E-state index contributed by atoms with van der Waals surface area (Å²) >= 11 is 5.95. The van der Waals surface area contributed by atoms with Crippen LogP contribution in [0.4, 0.5) is 20.2 Å². The number of hydrogen-bond donors (Lipinski definition) is 1. The fourth-order valence-corrected chi connectivity index (χ4v) is 2.25. The highest BCUT2D eigenvalue weighted by molar-refractivity contribution is 6.31. The van der Waals surface area contributed by atoms with Crippen LogP contribution in [0.2, 0.25) is 5.02 Å². The largest absolute Gasteiger partial charge is 0.378 e. The first-order valence-electron chi connectivity index (χ1n) is 6.04. The zero-order valence-electron chi connectivity index (χ0n) is 10.9. The number of halogens is 3. The third-order valence-corrected chi connectivity index (χ3v) is 3.28. The molecule has 0 aliphatic rings. The van der Waals surface area contributed by atoms with Crippen LogP contribution in [0.1, 0.15) is 18.5 Å². The molecular formula is C14H11ClF2N2O2. The van der Waals surface area contributed by atoms with Crippen molar-refractivity contribution in [2.75, 3.05) is 5.32 Å². The summed E-state index contributed by atoms with van der Waals surface area (Å²) in [5.74, 6) is -1.36. The average Bonchev–Trinajstić information content (AvgIpc) is 2.40. The van der Waals surface area contributed by atoms with Gasteiger partial charge in [0.15, 0.2) is 0 Å². The molecule has 0 bridgehead atoms. The van der Waals surface area contributed by atoms with Gasteiger partial charge in [-0.05, 0) is 36.8 Å². The van der Waals surface area contributed by atoms with Gasteiger partial charge >= 0.3 is 5.69 Å². The van der Waals surface area contributed by atoms with Gasteiger partial charge in [0.1, 0.15) is 5.82 Å². The first-order chi connectivity index (χ1) is 9.88. The maximum absolute atomic E-state index is 13.3. The molecule has 110 valence electrons. The van der Waals surface area contributed by atoms with Gasteiger partial charge in [-0.1, -0.05) is 17.7 Å². The summed E-state index contributed by atoms with van der Waals surface area (Å²) in [6, 6.07) is 7.14. The Kier molecular flexibility index (Phi) is 4.37. The normalized spacial score (nSPS) is 12.0. The minimum atomic E-state index is -0.905. The molecule has 0 aliphatic heterocycles. The van der Waals surface area contributed by atoms with Crippen LogP contribution in [0.5, 0.6) is 0 Å². The number of anilines is 1. The molecule has 2 aromatic carbocycles. The molecule has 4 nitrogen and oxygen atoms in total. The van der Waals surface area contributed by atoms with Crippen molar-refractivity contribution in [3.63, 3.8) is 0 Å². The zero-order valence-corrected chi connectivity index (χ0v) is 11.7. The smallest absolute Gasteiger partial charge is 0.306 e. The summed E-state index contributed by atoms with van der Waals surface area (Å²) in [6.45, 7) is 1.76. The molecule has 0 heterocycles. The van der Waals surface area contributed by atoms with E-state index in [9.17, 15) is 18.9 Å². The van der Waals surface area contributed by atoms with Crippen molar-refractivity contribution in [1.29, 1.82) is 0 Å². The maximum Gasteiger partial charge on any atom is 0.306 e. The topological polar surface area (TPSA) is 55.2 Å². The molecule has 0 saturated carbocycles. The van der Waals surface area contributed by atoms with Crippen molar-refractivity contribution in [3.05, 3.63) is 68.7 Å². The van der Waals surface area contributed by atoms with Crippen LogP contribution in [0.15, 0.2) is 36.4 Å². The van der Waals surface area contributed by atoms with E-state index in [0.717, 1.165) is 12.1 Å². The van der Waals surface area contributed by atoms with Gasteiger partial charge in [0.2, 0.25) is 5.82 Å². The number of benzene rings is 2. The van der Waals surface area contributed by atoms with Crippen molar-refractivity contribution < 1.29 is 13.7 Å². The summed E-state index contributed by atoms with van der Waals surface area (Å²) in [5, 5.41) is 13.9. The van der Waals surface area contributed by atoms with Gasteiger partial charge in [-0.15, -0.1) is 0 Å². The fourth-order valence-electron chi connectivity index (χ4n) is 1.92. The predicted molar refractivity (Wildman–Crippen MR) is 76.5 cm³/mol. The molecule has 0 aromatic heterocycles. The van der Waals surface area contributed by atoms with E-state index in [1.165, 1.54) is 24.3 Å². The predicted octanol–water partition coefficient (Wildman–Crippen LogP) is 4.70. The summed E-state index contributed by atoms with van der Waals surface area (Å²) in [5.41, 5.74) is 0.387. The van der Waals surface area contributed by atoms with Gasteiger partial charge in [-0.2, -0.15) is 4.39 Å². The lowest BCUT2D eigenvalue weighted by Gasteiger charge is -2.17. The van der Waals surface area contributed by atoms with Gasteiger partial charge in [0, 0.05) is 22.8 Å². The van der Waals surface area contributed by atoms with Crippen molar-refractivity contribution in [3.8, 4) is 0 Å². The van der Waals surface area contributed by atoms with Crippen LogP contribution in [0.3, 0.4) is 0 Å². The lowest BCUT2D eigenvalue weighted by atomic mass is 10.1. The fraction of sp³-hybridized carbons (Fsp3) is 0.143. The van der Waals surface area contributed by atoms with Gasteiger partial charge < -0.3 is 5.32 Å². The van der Waals surface area contributed by atoms with E-state index in [2.05, 4.69) is 5.32 Å². The highest BCUT2D eigenvalue weighted by atomic mass is 35.5. The Hall–Kier alpha value is -2.21. The quantitative estimate of drug-likeness (QED) is 0.657. The molecule has 0 fully saturated rings. The van der Waals surface area contributed by atoms with Crippen LogP contribution >= 0.6 is 11.6 Å². The molecule has 1 N–H and O–H groups in total. The van der Waals surface area contributed by atoms with Gasteiger partial charge in [0.05, 0.1) is 4.92 Å². The lowest BCUT2D eigenvalue weighted by Crippen LogP contribution is -2.08. The number of rotatable bonds is 4. The molecular weight excluding hydrogens is 302 g/mol. The molecule has 0 saturated heterocycles. The molecule has 0 spiro atoms. The zero-order chi connectivity index (χ0) is 15.6. The third kappa shape index (κ3) is 3.46. The van der Waals surface area contributed by atoms with E-state index in [4.69, 9.17) is 11.6 Å². The van der Waals surface area contributed by atoms with E-state index in [1.807, 2.05) is 0 Å². The number of nitrogens with zero attached hydrogens (tertiary/aromatic N) is 1. The minimum absolute atomic E-state index is 0.242. The summed E-state index contributed by atoms with van der Waals surface area (Å²) < 4.78 is 26.3. The Morgan fingerprint density at radius 2 is 1.95 bits per heavy atom. The average molecular weight is 313 g/mol. The second-order valence-corrected chi connectivity index (χ2v) is 4.86. The van der Waals surface area contributed by atoms with E-state index in [0.29, 0.717) is 11.3 Å². The van der Waals surface area contributed by atoms with E-state index < -0.39 is 22.2 Å². The van der Waals surface area contributed by atoms with Crippen molar-refractivity contribution in [2.45, 2.75) is 13.0 Å². The monoisotopic (exact) mass is 312 g/mol. The lowest BCUT2D eigenvalue weighted by molar-refractivity contribution is -0.387. The van der Waals surface area contributed by atoms with E-state index >= 15 is 0 Å². The molecule has 21 heavy (non-hydrogen) atoms. The van der Waals surface area contributed by atoms with Crippen LogP contribution in [0, 0.1) is 21.7 Å². The van der Waals surface area contributed by atoms with E-state index in [-0.39, 0.29) is 11.1 Å². The standard InChI is InChI=1S/C14H11ClF2N2O2/c1-8(11-4-2-9(16)6-12(11)15)18-10-3-5-13(17)14(7-10)19(20)21/h2-8,18H,1H3. The van der Waals surface area contributed by atoms with Crippen molar-refractivity contribution in [1.82, 2.24) is 0 Å². The third-order valence-electron chi connectivity index (χ3n) is 2.96. The van der Waals surface area contributed by atoms with Crippen LogP contribution < -0.4 is 5.32 Å². The minimum Gasteiger partial charge on any atom is -0.378 e. The molecule has 7 heteroatoms. The second kappa shape index (κ2) is 6.05. The molecule has 2 aromatic rings. The van der Waals surface area contributed by atoms with Gasteiger partial charge in [0.25, 0.3) is 0 Å². The molecule has 0 aliphatic carbocycles. The molecule has 2 rings (SSSR count).